The normalized spacial score (nSPS) is 10.6. The fourth-order valence-corrected chi connectivity index (χ4v) is 2.66. The molecule has 7 heteroatoms. The summed E-state index contributed by atoms with van der Waals surface area (Å²) in [6.45, 7) is 4.43. The minimum atomic E-state index is -0.183. The molecule has 0 atom stereocenters. The Morgan fingerprint density at radius 3 is 2.64 bits per heavy atom. The van der Waals surface area contributed by atoms with Gasteiger partial charge >= 0.3 is 0 Å². The van der Waals surface area contributed by atoms with Crippen LogP contribution in [-0.4, -0.2) is 21.8 Å². The molecule has 7 nitrogen and oxygen atoms in total. The molecule has 0 unspecified atom stereocenters. The Balaban J connectivity index is 1.80. The highest BCUT2D eigenvalue weighted by Crippen LogP contribution is 2.27. The minimum Gasteiger partial charge on any atom is -0.370 e. The first-order valence-electron chi connectivity index (χ1n) is 7.88. The Hall–Kier alpha value is -3.35. The lowest BCUT2D eigenvalue weighted by Gasteiger charge is -2.08. The number of aromatic amines is 1. The van der Waals surface area contributed by atoms with Crippen LogP contribution in [0.3, 0.4) is 0 Å². The van der Waals surface area contributed by atoms with Crippen molar-refractivity contribution >= 4 is 28.6 Å². The fraction of sp³-hybridized carbons (Fsp3) is 0.167. The second kappa shape index (κ2) is 6.64. The van der Waals surface area contributed by atoms with E-state index in [9.17, 15) is 4.79 Å². The average Bonchev–Trinajstić information content (AvgIpc) is 2.89. The molecule has 6 N–H and O–H groups in total. The molecule has 0 aliphatic rings. The van der Waals surface area contributed by atoms with Gasteiger partial charge in [-0.1, -0.05) is 12.1 Å². The van der Waals surface area contributed by atoms with Crippen LogP contribution in [0, 0.1) is 19.3 Å². The Labute approximate surface area is 145 Å². The van der Waals surface area contributed by atoms with Crippen molar-refractivity contribution < 1.29 is 4.79 Å². The third kappa shape index (κ3) is 3.45. The Kier molecular flexibility index (Phi) is 4.38. The highest BCUT2D eigenvalue weighted by molar-refractivity contribution is 6.09. The van der Waals surface area contributed by atoms with Crippen LogP contribution < -0.4 is 16.4 Å². The van der Waals surface area contributed by atoms with Crippen LogP contribution in [0.15, 0.2) is 36.5 Å². The first kappa shape index (κ1) is 16.5. The largest absolute Gasteiger partial charge is 0.370 e. The van der Waals surface area contributed by atoms with E-state index >= 15 is 0 Å². The van der Waals surface area contributed by atoms with Crippen molar-refractivity contribution in [2.45, 2.75) is 20.4 Å². The van der Waals surface area contributed by atoms with Gasteiger partial charge in [0.25, 0.3) is 5.91 Å². The second-order valence-corrected chi connectivity index (χ2v) is 5.88. The van der Waals surface area contributed by atoms with Crippen LogP contribution in [0.5, 0.6) is 0 Å². The van der Waals surface area contributed by atoms with Crippen LogP contribution in [0.4, 0.5) is 5.69 Å². The first-order chi connectivity index (χ1) is 12.0. The van der Waals surface area contributed by atoms with Gasteiger partial charge in [-0.25, -0.2) is 4.98 Å². The molecule has 3 rings (SSSR count). The number of fused-ring (bicyclic) bond motifs is 1. The highest BCUT2D eigenvalue weighted by Gasteiger charge is 2.13. The molecule has 0 bridgehead atoms. The average molecular weight is 336 g/mol. The molecule has 0 aliphatic carbocycles. The van der Waals surface area contributed by atoms with Crippen molar-refractivity contribution in [1.29, 1.82) is 5.41 Å². The molecule has 128 valence electrons. The van der Waals surface area contributed by atoms with E-state index in [1.807, 2.05) is 26.0 Å². The number of amides is 1. The Morgan fingerprint density at radius 1 is 1.24 bits per heavy atom. The molecular weight excluding hydrogens is 316 g/mol. The van der Waals surface area contributed by atoms with Gasteiger partial charge in [-0.2, -0.15) is 0 Å². The highest BCUT2D eigenvalue weighted by atomic mass is 16.1. The maximum Gasteiger partial charge on any atom is 0.255 e. The lowest BCUT2D eigenvalue weighted by atomic mass is 10.1. The number of pyridine rings is 1. The second-order valence-electron chi connectivity index (χ2n) is 5.88. The number of anilines is 1. The van der Waals surface area contributed by atoms with Gasteiger partial charge in [0.1, 0.15) is 5.65 Å². The van der Waals surface area contributed by atoms with Crippen LogP contribution in [-0.2, 0) is 6.54 Å². The fourth-order valence-electron chi connectivity index (χ4n) is 2.66. The van der Waals surface area contributed by atoms with Crippen molar-refractivity contribution in [2.75, 3.05) is 5.32 Å². The number of carbonyl (C=O) groups is 1. The molecule has 0 fully saturated rings. The number of hydrogen-bond acceptors (Lipinski definition) is 3. The molecule has 1 aromatic carbocycles. The summed E-state index contributed by atoms with van der Waals surface area (Å²) in [5, 5.41) is 13.8. The molecular formula is C18H20N6O. The number of benzene rings is 1. The molecule has 0 radical (unpaired) electrons. The molecule has 0 saturated heterocycles. The van der Waals surface area contributed by atoms with Gasteiger partial charge < -0.3 is 21.4 Å². The number of guanidine groups is 1. The zero-order chi connectivity index (χ0) is 18.0. The summed E-state index contributed by atoms with van der Waals surface area (Å²) in [5.41, 5.74) is 10.4. The number of nitrogens with zero attached hydrogens (tertiary/aromatic N) is 1. The van der Waals surface area contributed by atoms with Gasteiger partial charge in [-0.15, -0.1) is 0 Å². The maximum atomic E-state index is 12.5. The number of aryl methyl sites for hydroxylation is 2. The smallest absolute Gasteiger partial charge is 0.255 e. The summed E-state index contributed by atoms with van der Waals surface area (Å²) in [6, 6.07) is 8.96. The van der Waals surface area contributed by atoms with E-state index in [0.717, 1.165) is 33.5 Å². The molecule has 0 spiro atoms. The molecule has 0 aliphatic heterocycles. The quantitative estimate of drug-likeness (QED) is 0.371. The van der Waals surface area contributed by atoms with E-state index in [0.29, 0.717) is 12.1 Å². The lowest BCUT2D eigenvalue weighted by molar-refractivity contribution is 0.102. The van der Waals surface area contributed by atoms with E-state index in [1.165, 1.54) is 0 Å². The van der Waals surface area contributed by atoms with E-state index in [-0.39, 0.29) is 11.9 Å². The third-order valence-corrected chi connectivity index (χ3v) is 4.14. The third-order valence-electron chi connectivity index (χ3n) is 4.14. The van der Waals surface area contributed by atoms with Crippen molar-refractivity contribution in [3.8, 4) is 0 Å². The SMILES string of the molecule is Cc1[nH]c2nccc(NC(=O)c3ccc(CNC(=N)N)cc3)c2c1C. The van der Waals surface area contributed by atoms with Crippen LogP contribution in [0.2, 0.25) is 0 Å². The Bertz CT molecular complexity index is 942. The molecule has 3 aromatic rings. The first-order valence-corrected chi connectivity index (χ1v) is 7.88. The molecule has 2 heterocycles. The summed E-state index contributed by atoms with van der Waals surface area (Å²) >= 11 is 0. The molecule has 1 amide bonds. The van der Waals surface area contributed by atoms with Gasteiger partial charge in [0.05, 0.1) is 5.69 Å². The van der Waals surface area contributed by atoms with E-state index in [2.05, 4.69) is 20.6 Å². The summed E-state index contributed by atoms with van der Waals surface area (Å²) < 4.78 is 0. The topological polar surface area (TPSA) is 120 Å². The van der Waals surface area contributed by atoms with Crippen LogP contribution in [0.25, 0.3) is 11.0 Å². The summed E-state index contributed by atoms with van der Waals surface area (Å²) in [6.07, 6.45) is 1.67. The predicted octanol–water partition coefficient (Wildman–Crippen LogP) is 2.42. The van der Waals surface area contributed by atoms with E-state index in [1.54, 1.807) is 24.4 Å². The number of rotatable bonds is 4. The number of H-pyrrole nitrogens is 1. The van der Waals surface area contributed by atoms with Crippen molar-refractivity contribution in [2.24, 2.45) is 5.73 Å². The summed E-state index contributed by atoms with van der Waals surface area (Å²) in [5.74, 6) is -0.266. The monoisotopic (exact) mass is 336 g/mol. The van der Waals surface area contributed by atoms with E-state index < -0.39 is 0 Å². The van der Waals surface area contributed by atoms with Crippen molar-refractivity contribution in [3.63, 3.8) is 0 Å². The van der Waals surface area contributed by atoms with Gasteiger partial charge in [0, 0.05) is 29.4 Å². The van der Waals surface area contributed by atoms with Crippen LogP contribution >= 0.6 is 0 Å². The number of hydrogen-bond donors (Lipinski definition) is 5. The van der Waals surface area contributed by atoms with Crippen molar-refractivity contribution in [3.05, 3.63) is 58.9 Å². The lowest BCUT2D eigenvalue weighted by Crippen LogP contribution is -2.29. The van der Waals surface area contributed by atoms with Gasteiger partial charge in [0.15, 0.2) is 5.96 Å². The van der Waals surface area contributed by atoms with Gasteiger partial charge in [-0.05, 0) is 43.2 Å². The number of aromatic nitrogens is 2. The van der Waals surface area contributed by atoms with Gasteiger partial charge in [-0.3, -0.25) is 10.2 Å². The zero-order valence-corrected chi connectivity index (χ0v) is 14.1. The summed E-state index contributed by atoms with van der Waals surface area (Å²) in [4.78, 5) is 20.1. The minimum absolute atomic E-state index is 0.0827. The maximum absolute atomic E-state index is 12.5. The Morgan fingerprint density at radius 2 is 1.96 bits per heavy atom. The molecule has 25 heavy (non-hydrogen) atoms. The standard InChI is InChI=1S/C18H20N6O/c1-10-11(2)23-16-15(10)14(7-8-21-16)24-17(25)13-5-3-12(4-6-13)9-22-18(19)20/h3-8H,9H2,1-2H3,(H4,19,20,22)(H2,21,23,24,25). The van der Waals surface area contributed by atoms with Crippen molar-refractivity contribution in [1.82, 2.24) is 15.3 Å². The van der Waals surface area contributed by atoms with Gasteiger partial charge in [0.2, 0.25) is 0 Å². The van der Waals surface area contributed by atoms with Crippen LogP contribution in [0.1, 0.15) is 27.2 Å². The number of nitrogens with two attached hydrogens (primary N) is 1. The number of carbonyl (C=O) groups excluding carboxylic acids is 1. The van der Waals surface area contributed by atoms with E-state index in [4.69, 9.17) is 11.1 Å². The summed E-state index contributed by atoms with van der Waals surface area (Å²) in [7, 11) is 0. The zero-order valence-electron chi connectivity index (χ0n) is 14.1. The molecule has 0 saturated carbocycles. The predicted molar refractivity (Wildman–Crippen MR) is 98.7 cm³/mol. The number of nitrogens with one attached hydrogen (secondary N) is 4. The molecule has 2 aromatic heterocycles.